The predicted octanol–water partition coefficient (Wildman–Crippen LogP) is 2.30. The second-order valence-electron chi connectivity index (χ2n) is 5.44. The van der Waals surface area contributed by atoms with Crippen LogP contribution in [0.25, 0.3) is 0 Å². The Bertz CT molecular complexity index is 462. The summed E-state index contributed by atoms with van der Waals surface area (Å²) >= 11 is 0. The van der Waals surface area contributed by atoms with Gasteiger partial charge in [0.25, 0.3) is 0 Å². The molecule has 0 aliphatic carbocycles. The van der Waals surface area contributed by atoms with Crippen molar-refractivity contribution >= 4 is 5.97 Å². The van der Waals surface area contributed by atoms with Gasteiger partial charge in [-0.2, -0.15) is 0 Å². The van der Waals surface area contributed by atoms with E-state index in [1.54, 1.807) is 45.9 Å². The molecule has 0 heterocycles. The van der Waals surface area contributed by atoms with Gasteiger partial charge in [0.15, 0.2) is 17.6 Å². The number of benzene rings is 1. The van der Waals surface area contributed by atoms with E-state index < -0.39 is 17.7 Å². The second kappa shape index (κ2) is 6.61. The number of hydrogen-bond donors (Lipinski definition) is 1. The quantitative estimate of drug-likeness (QED) is 0.839. The van der Waals surface area contributed by atoms with Crippen LogP contribution < -0.4 is 9.47 Å². The van der Waals surface area contributed by atoms with E-state index in [-0.39, 0.29) is 6.61 Å². The molecular weight excluding hydrogens is 260 g/mol. The maximum atomic E-state index is 11.9. The fraction of sp³-hybridized carbons (Fsp3) is 0.533. The van der Waals surface area contributed by atoms with Crippen LogP contribution in [0.2, 0.25) is 0 Å². The van der Waals surface area contributed by atoms with Gasteiger partial charge in [0.2, 0.25) is 0 Å². The number of carbonyl (C=O) groups excluding carboxylic acids is 1. The van der Waals surface area contributed by atoms with Gasteiger partial charge in [-0.25, -0.2) is 4.79 Å². The van der Waals surface area contributed by atoms with Gasteiger partial charge in [-0.05, 0) is 45.4 Å². The number of esters is 1. The Kier molecular flexibility index (Phi) is 5.39. The van der Waals surface area contributed by atoms with E-state index in [4.69, 9.17) is 19.3 Å². The van der Waals surface area contributed by atoms with Gasteiger partial charge in [-0.15, -0.1) is 0 Å². The molecule has 5 nitrogen and oxygen atoms in total. The fourth-order valence-corrected chi connectivity index (χ4v) is 1.53. The van der Waals surface area contributed by atoms with Crippen molar-refractivity contribution in [1.82, 2.24) is 0 Å². The van der Waals surface area contributed by atoms with Crippen molar-refractivity contribution in [2.45, 2.75) is 46.0 Å². The highest BCUT2D eigenvalue weighted by atomic mass is 16.6. The van der Waals surface area contributed by atoms with Crippen molar-refractivity contribution in [3.05, 3.63) is 23.8 Å². The van der Waals surface area contributed by atoms with Crippen LogP contribution in [0.4, 0.5) is 0 Å². The average molecular weight is 282 g/mol. The minimum absolute atomic E-state index is 0.0851. The summed E-state index contributed by atoms with van der Waals surface area (Å²) in [6.07, 6.45) is -0.747. The molecule has 0 saturated heterocycles. The van der Waals surface area contributed by atoms with Crippen LogP contribution in [0.15, 0.2) is 18.2 Å². The smallest absolute Gasteiger partial charge is 0.347 e. The molecule has 1 rings (SSSR count). The highest BCUT2D eigenvalue weighted by molar-refractivity contribution is 5.75. The van der Waals surface area contributed by atoms with Gasteiger partial charge in [0.05, 0.1) is 13.7 Å². The molecule has 0 saturated carbocycles. The van der Waals surface area contributed by atoms with E-state index in [0.717, 1.165) is 0 Å². The summed E-state index contributed by atoms with van der Waals surface area (Å²) in [5, 5.41) is 9.08. The van der Waals surface area contributed by atoms with E-state index >= 15 is 0 Å². The molecule has 0 aromatic heterocycles. The minimum atomic E-state index is -0.747. The first-order valence-electron chi connectivity index (χ1n) is 6.44. The molecule has 1 aromatic carbocycles. The number of ether oxygens (including phenoxy) is 3. The Labute approximate surface area is 119 Å². The first kappa shape index (κ1) is 16.3. The van der Waals surface area contributed by atoms with Crippen molar-refractivity contribution in [2.24, 2.45) is 0 Å². The molecule has 0 bridgehead atoms. The molecule has 0 amide bonds. The molecule has 0 fully saturated rings. The van der Waals surface area contributed by atoms with Crippen molar-refractivity contribution in [3.63, 3.8) is 0 Å². The summed E-state index contributed by atoms with van der Waals surface area (Å²) in [4.78, 5) is 11.9. The summed E-state index contributed by atoms with van der Waals surface area (Å²) in [5.74, 6) is 0.459. The summed E-state index contributed by atoms with van der Waals surface area (Å²) < 4.78 is 16.0. The first-order chi connectivity index (χ1) is 9.26. The van der Waals surface area contributed by atoms with E-state index in [1.807, 2.05) is 0 Å². The Morgan fingerprint density at radius 3 is 2.45 bits per heavy atom. The molecule has 0 aliphatic heterocycles. The standard InChI is InChI=1S/C15H22O5/c1-10(14(17)20-15(2,3)4)19-12-7-6-11(9-16)8-13(12)18-5/h6-8,10,16H,9H2,1-5H3. The number of hydrogen-bond acceptors (Lipinski definition) is 5. The number of aliphatic hydroxyl groups excluding tert-OH is 1. The lowest BCUT2D eigenvalue weighted by molar-refractivity contribution is -0.162. The topological polar surface area (TPSA) is 65.0 Å². The maximum absolute atomic E-state index is 11.9. The largest absolute Gasteiger partial charge is 0.493 e. The van der Waals surface area contributed by atoms with Crippen LogP contribution in [0, 0.1) is 0 Å². The molecule has 112 valence electrons. The normalized spacial score (nSPS) is 12.7. The van der Waals surface area contributed by atoms with E-state index in [2.05, 4.69) is 0 Å². The third kappa shape index (κ3) is 4.74. The Balaban J connectivity index is 2.80. The number of carbonyl (C=O) groups is 1. The van der Waals surface area contributed by atoms with Gasteiger partial charge < -0.3 is 19.3 Å². The van der Waals surface area contributed by atoms with Crippen LogP contribution in [0.3, 0.4) is 0 Å². The van der Waals surface area contributed by atoms with Gasteiger partial charge in [0.1, 0.15) is 5.60 Å². The van der Waals surface area contributed by atoms with Crippen molar-refractivity contribution in [2.75, 3.05) is 7.11 Å². The monoisotopic (exact) mass is 282 g/mol. The predicted molar refractivity (Wildman–Crippen MR) is 74.9 cm³/mol. The van der Waals surface area contributed by atoms with Crippen molar-refractivity contribution < 1.29 is 24.1 Å². The van der Waals surface area contributed by atoms with Crippen LogP contribution in [-0.2, 0) is 16.1 Å². The number of rotatable bonds is 5. The molecule has 0 aliphatic rings. The average Bonchev–Trinajstić information content (AvgIpc) is 2.37. The SMILES string of the molecule is COc1cc(CO)ccc1OC(C)C(=O)OC(C)(C)C. The van der Waals surface area contributed by atoms with Gasteiger partial charge in [0, 0.05) is 0 Å². The zero-order valence-electron chi connectivity index (χ0n) is 12.6. The summed E-state index contributed by atoms with van der Waals surface area (Å²) in [7, 11) is 1.50. The maximum Gasteiger partial charge on any atom is 0.347 e. The molecule has 1 N–H and O–H groups in total. The third-order valence-corrected chi connectivity index (χ3v) is 2.45. The Hall–Kier alpha value is -1.75. The first-order valence-corrected chi connectivity index (χ1v) is 6.44. The third-order valence-electron chi connectivity index (χ3n) is 2.45. The van der Waals surface area contributed by atoms with Gasteiger partial charge >= 0.3 is 5.97 Å². The van der Waals surface area contributed by atoms with Crippen LogP contribution in [-0.4, -0.2) is 29.9 Å². The molecule has 5 heteroatoms. The molecule has 1 atom stereocenters. The van der Waals surface area contributed by atoms with Crippen LogP contribution in [0.5, 0.6) is 11.5 Å². The Morgan fingerprint density at radius 1 is 1.30 bits per heavy atom. The molecule has 0 radical (unpaired) electrons. The lowest BCUT2D eigenvalue weighted by Gasteiger charge is -2.23. The number of aliphatic hydroxyl groups is 1. The lowest BCUT2D eigenvalue weighted by Crippen LogP contribution is -2.33. The van der Waals surface area contributed by atoms with Crippen molar-refractivity contribution in [1.29, 1.82) is 0 Å². The fourth-order valence-electron chi connectivity index (χ4n) is 1.53. The molecule has 20 heavy (non-hydrogen) atoms. The van der Waals surface area contributed by atoms with E-state index in [9.17, 15) is 4.79 Å². The van der Waals surface area contributed by atoms with Gasteiger partial charge in [-0.1, -0.05) is 6.07 Å². The Morgan fingerprint density at radius 2 is 1.95 bits per heavy atom. The van der Waals surface area contributed by atoms with Crippen LogP contribution >= 0.6 is 0 Å². The minimum Gasteiger partial charge on any atom is -0.493 e. The van der Waals surface area contributed by atoms with E-state index in [1.165, 1.54) is 7.11 Å². The van der Waals surface area contributed by atoms with Gasteiger partial charge in [-0.3, -0.25) is 0 Å². The molecular formula is C15H22O5. The summed E-state index contributed by atoms with van der Waals surface area (Å²) in [6, 6.07) is 5.03. The summed E-state index contributed by atoms with van der Waals surface area (Å²) in [6.45, 7) is 6.93. The van der Waals surface area contributed by atoms with E-state index in [0.29, 0.717) is 17.1 Å². The zero-order chi connectivity index (χ0) is 15.3. The summed E-state index contributed by atoms with van der Waals surface area (Å²) in [5.41, 5.74) is 0.152. The molecule has 1 aromatic rings. The number of methoxy groups -OCH3 is 1. The lowest BCUT2D eigenvalue weighted by atomic mass is 10.2. The highest BCUT2D eigenvalue weighted by Crippen LogP contribution is 2.29. The second-order valence-corrected chi connectivity index (χ2v) is 5.44. The molecule has 1 unspecified atom stereocenters. The molecule has 0 spiro atoms. The zero-order valence-corrected chi connectivity index (χ0v) is 12.6. The highest BCUT2D eigenvalue weighted by Gasteiger charge is 2.23. The van der Waals surface area contributed by atoms with Crippen LogP contribution in [0.1, 0.15) is 33.3 Å². The van der Waals surface area contributed by atoms with Crippen molar-refractivity contribution in [3.8, 4) is 11.5 Å².